The van der Waals surface area contributed by atoms with E-state index >= 15 is 0 Å². The Bertz CT molecular complexity index is 177. The van der Waals surface area contributed by atoms with E-state index in [0.717, 1.165) is 24.7 Å². The highest BCUT2D eigenvalue weighted by Crippen LogP contribution is 2.33. The minimum Gasteiger partial charge on any atom is -0.393 e. The molecule has 2 heteroatoms. The van der Waals surface area contributed by atoms with Crippen molar-refractivity contribution in [3.05, 3.63) is 0 Å². The third-order valence-corrected chi connectivity index (χ3v) is 3.59. The first-order chi connectivity index (χ1) is 6.63. The van der Waals surface area contributed by atoms with Crippen LogP contribution in [0.4, 0.5) is 0 Å². The molecule has 0 bridgehead atoms. The lowest BCUT2D eigenvalue weighted by atomic mass is 9.81. The van der Waals surface area contributed by atoms with Crippen LogP contribution in [0.3, 0.4) is 0 Å². The molecule has 14 heavy (non-hydrogen) atoms. The minimum atomic E-state index is -0.0848. The molecule has 0 amide bonds. The molecular weight excluding hydrogens is 176 g/mol. The lowest BCUT2D eigenvalue weighted by Crippen LogP contribution is -2.40. The number of aliphatic hydroxyl groups excluding tert-OH is 1. The highest BCUT2D eigenvalue weighted by molar-refractivity contribution is 4.83. The second-order valence-electron chi connectivity index (χ2n) is 5.42. The summed E-state index contributed by atoms with van der Waals surface area (Å²) >= 11 is 0. The van der Waals surface area contributed by atoms with E-state index in [4.69, 9.17) is 4.74 Å². The van der Waals surface area contributed by atoms with Gasteiger partial charge in [0.15, 0.2) is 0 Å². The lowest BCUT2D eigenvalue weighted by Gasteiger charge is -2.38. The Hall–Kier alpha value is -0.0800. The van der Waals surface area contributed by atoms with Crippen LogP contribution in [0.1, 0.15) is 46.0 Å². The van der Waals surface area contributed by atoms with Crippen LogP contribution in [-0.4, -0.2) is 23.4 Å². The molecule has 2 saturated carbocycles. The third-order valence-electron chi connectivity index (χ3n) is 3.59. The summed E-state index contributed by atoms with van der Waals surface area (Å²) in [5, 5.41) is 9.17. The quantitative estimate of drug-likeness (QED) is 0.738. The first-order valence-corrected chi connectivity index (χ1v) is 5.97. The Balaban J connectivity index is 1.74. The molecule has 0 spiro atoms. The molecule has 0 aromatic carbocycles. The van der Waals surface area contributed by atoms with E-state index in [1.807, 2.05) is 0 Å². The maximum absolute atomic E-state index is 9.17. The summed E-state index contributed by atoms with van der Waals surface area (Å²) in [5.41, 5.74) is 0. The van der Waals surface area contributed by atoms with Crippen molar-refractivity contribution in [2.45, 2.75) is 64.3 Å². The number of hydrogen-bond donors (Lipinski definition) is 1. The second kappa shape index (κ2) is 4.19. The van der Waals surface area contributed by atoms with E-state index in [0.29, 0.717) is 12.2 Å². The zero-order chi connectivity index (χ0) is 10.1. The molecule has 0 saturated heterocycles. The number of hydrogen-bond acceptors (Lipinski definition) is 2. The predicted molar refractivity (Wildman–Crippen MR) is 56.1 cm³/mol. The smallest absolute Gasteiger partial charge is 0.0628 e. The Labute approximate surface area is 86.6 Å². The Kier molecular flexibility index (Phi) is 3.13. The molecule has 82 valence electrons. The molecule has 0 heterocycles. The van der Waals surface area contributed by atoms with Crippen molar-refractivity contribution in [3.8, 4) is 0 Å². The average molecular weight is 198 g/mol. The highest BCUT2D eigenvalue weighted by Gasteiger charge is 2.32. The number of rotatable bonds is 2. The SMILES string of the molecule is CC1CC(C)CC(OC2CC(O)C2)C1. The zero-order valence-electron chi connectivity index (χ0n) is 9.28. The van der Waals surface area contributed by atoms with Gasteiger partial charge in [-0.25, -0.2) is 0 Å². The van der Waals surface area contributed by atoms with Gasteiger partial charge >= 0.3 is 0 Å². The standard InChI is InChI=1S/C12H22O2/c1-8-3-9(2)5-11(4-8)14-12-6-10(13)7-12/h8-13H,3-7H2,1-2H3. The van der Waals surface area contributed by atoms with Gasteiger partial charge < -0.3 is 9.84 Å². The van der Waals surface area contributed by atoms with Crippen molar-refractivity contribution in [2.75, 3.05) is 0 Å². The van der Waals surface area contributed by atoms with Crippen LogP contribution in [0, 0.1) is 11.8 Å². The molecule has 0 aliphatic heterocycles. The van der Waals surface area contributed by atoms with Crippen molar-refractivity contribution in [2.24, 2.45) is 11.8 Å². The molecule has 2 aliphatic rings. The third kappa shape index (κ3) is 2.48. The monoisotopic (exact) mass is 198 g/mol. The van der Waals surface area contributed by atoms with Crippen LogP contribution >= 0.6 is 0 Å². The Morgan fingerprint density at radius 3 is 1.86 bits per heavy atom. The fourth-order valence-electron chi connectivity index (χ4n) is 2.91. The fraction of sp³-hybridized carbons (Fsp3) is 1.00. The van der Waals surface area contributed by atoms with Crippen molar-refractivity contribution in [1.82, 2.24) is 0 Å². The molecule has 0 radical (unpaired) electrons. The molecule has 2 aliphatic carbocycles. The topological polar surface area (TPSA) is 29.5 Å². The van der Waals surface area contributed by atoms with E-state index < -0.39 is 0 Å². The molecular formula is C12H22O2. The van der Waals surface area contributed by atoms with Gasteiger partial charge in [-0.2, -0.15) is 0 Å². The fourth-order valence-corrected chi connectivity index (χ4v) is 2.91. The predicted octanol–water partition coefficient (Wildman–Crippen LogP) is 2.35. The van der Waals surface area contributed by atoms with Crippen LogP contribution in [0.25, 0.3) is 0 Å². The van der Waals surface area contributed by atoms with E-state index in [1.165, 1.54) is 19.3 Å². The number of aliphatic hydroxyl groups is 1. The molecule has 0 aromatic rings. The van der Waals surface area contributed by atoms with E-state index in [2.05, 4.69) is 13.8 Å². The van der Waals surface area contributed by atoms with Crippen molar-refractivity contribution < 1.29 is 9.84 Å². The van der Waals surface area contributed by atoms with Gasteiger partial charge in [0.1, 0.15) is 0 Å². The summed E-state index contributed by atoms with van der Waals surface area (Å²) in [5.74, 6) is 1.63. The Morgan fingerprint density at radius 2 is 1.36 bits per heavy atom. The summed E-state index contributed by atoms with van der Waals surface area (Å²) in [4.78, 5) is 0. The van der Waals surface area contributed by atoms with Gasteiger partial charge in [-0.15, -0.1) is 0 Å². The van der Waals surface area contributed by atoms with Crippen molar-refractivity contribution in [1.29, 1.82) is 0 Å². The highest BCUT2D eigenvalue weighted by atomic mass is 16.5. The van der Waals surface area contributed by atoms with E-state index in [-0.39, 0.29) is 6.10 Å². The van der Waals surface area contributed by atoms with Gasteiger partial charge in [0.25, 0.3) is 0 Å². The van der Waals surface area contributed by atoms with E-state index in [9.17, 15) is 5.11 Å². The van der Waals surface area contributed by atoms with Gasteiger partial charge in [-0.3, -0.25) is 0 Å². The van der Waals surface area contributed by atoms with Crippen LogP contribution < -0.4 is 0 Å². The average Bonchev–Trinajstić information content (AvgIpc) is 1.99. The van der Waals surface area contributed by atoms with Crippen LogP contribution in [0.5, 0.6) is 0 Å². The molecule has 2 rings (SSSR count). The van der Waals surface area contributed by atoms with Crippen LogP contribution in [-0.2, 0) is 4.74 Å². The molecule has 2 nitrogen and oxygen atoms in total. The minimum absolute atomic E-state index is 0.0848. The van der Waals surface area contributed by atoms with Gasteiger partial charge in [0.2, 0.25) is 0 Å². The van der Waals surface area contributed by atoms with Crippen molar-refractivity contribution >= 4 is 0 Å². The summed E-state index contributed by atoms with van der Waals surface area (Å²) < 4.78 is 5.98. The maximum Gasteiger partial charge on any atom is 0.0628 e. The maximum atomic E-state index is 9.17. The number of ether oxygens (including phenoxy) is 1. The second-order valence-corrected chi connectivity index (χ2v) is 5.42. The molecule has 2 fully saturated rings. The van der Waals surface area contributed by atoms with Gasteiger partial charge in [-0.1, -0.05) is 13.8 Å². The lowest BCUT2D eigenvalue weighted by molar-refractivity contribution is -0.120. The summed E-state index contributed by atoms with van der Waals surface area (Å²) in [6, 6.07) is 0. The first-order valence-electron chi connectivity index (χ1n) is 5.97. The summed E-state index contributed by atoms with van der Waals surface area (Å²) in [7, 11) is 0. The van der Waals surface area contributed by atoms with Gasteiger partial charge in [-0.05, 0) is 43.9 Å². The zero-order valence-corrected chi connectivity index (χ0v) is 9.28. The molecule has 2 atom stereocenters. The van der Waals surface area contributed by atoms with Gasteiger partial charge in [0.05, 0.1) is 18.3 Å². The Morgan fingerprint density at radius 1 is 0.857 bits per heavy atom. The van der Waals surface area contributed by atoms with Crippen molar-refractivity contribution in [3.63, 3.8) is 0 Å². The van der Waals surface area contributed by atoms with Gasteiger partial charge in [0, 0.05) is 0 Å². The molecule has 1 N–H and O–H groups in total. The normalized spacial score (nSPS) is 48.6. The van der Waals surface area contributed by atoms with Crippen LogP contribution in [0.15, 0.2) is 0 Å². The molecule has 2 unspecified atom stereocenters. The largest absolute Gasteiger partial charge is 0.393 e. The molecule has 0 aromatic heterocycles. The summed E-state index contributed by atoms with van der Waals surface area (Å²) in [6.45, 7) is 4.64. The van der Waals surface area contributed by atoms with E-state index in [1.54, 1.807) is 0 Å². The first kappa shape index (κ1) is 10.4. The van der Waals surface area contributed by atoms with Crippen LogP contribution in [0.2, 0.25) is 0 Å². The summed E-state index contributed by atoms with van der Waals surface area (Å²) in [6.07, 6.45) is 6.25.